The molecule has 1 heterocycles. The summed E-state index contributed by atoms with van der Waals surface area (Å²) in [6.45, 7) is 2.32. The summed E-state index contributed by atoms with van der Waals surface area (Å²) in [7, 11) is 1.93. The number of nitrogens with zero attached hydrogens (tertiary/aromatic N) is 2. The van der Waals surface area contributed by atoms with Crippen LogP contribution in [0.3, 0.4) is 0 Å². The van der Waals surface area contributed by atoms with E-state index in [-0.39, 0.29) is 0 Å². The molecule has 0 spiro atoms. The molecule has 2 N–H and O–H groups in total. The Balaban J connectivity index is 1.73. The van der Waals surface area contributed by atoms with Gasteiger partial charge in [-0.1, -0.05) is 12.8 Å². The van der Waals surface area contributed by atoms with Crippen molar-refractivity contribution in [1.82, 2.24) is 9.78 Å². The second-order valence-electron chi connectivity index (χ2n) is 5.08. The van der Waals surface area contributed by atoms with Gasteiger partial charge in [0.15, 0.2) is 0 Å². The largest absolute Gasteiger partial charge is 0.376 e. The van der Waals surface area contributed by atoms with Crippen LogP contribution in [0.5, 0.6) is 0 Å². The number of rotatable bonds is 5. The Morgan fingerprint density at radius 2 is 2.18 bits per heavy atom. The second kappa shape index (κ2) is 6.17. The third-order valence-electron chi connectivity index (χ3n) is 3.73. The van der Waals surface area contributed by atoms with Crippen LogP contribution in [0.2, 0.25) is 0 Å². The predicted molar refractivity (Wildman–Crippen MR) is 67.4 cm³/mol. The molecule has 17 heavy (non-hydrogen) atoms. The fourth-order valence-corrected chi connectivity index (χ4v) is 2.69. The summed E-state index contributed by atoms with van der Waals surface area (Å²) in [5.74, 6) is 1.32. The van der Waals surface area contributed by atoms with Crippen molar-refractivity contribution in [3.8, 4) is 0 Å². The molecule has 1 saturated carbocycles. The molecule has 1 aliphatic carbocycles. The fraction of sp³-hybridized carbons (Fsp3) is 0.769. The summed E-state index contributed by atoms with van der Waals surface area (Å²) >= 11 is 0. The molecule has 4 nitrogen and oxygen atoms in total. The van der Waals surface area contributed by atoms with Gasteiger partial charge in [0.1, 0.15) is 0 Å². The van der Waals surface area contributed by atoms with Crippen molar-refractivity contribution >= 4 is 0 Å². The van der Waals surface area contributed by atoms with Crippen LogP contribution >= 0.6 is 0 Å². The molecular formula is C13H23N3O. The van der Waals surface area contributed by atoms with E-state index in [0.29, 0.717) is 18.4 Å². The summed E-state index contributed by atoms with van der Waals surface area (Å²) in [4.78, 5) is 0. The minimum absolute atomic E-state index is 0.658. The highest BCUT2D eigenvalue weighted by Gasteiger charge is 2.23. The zero-order valence-electron chi connectivity index (χ0n) is 10.6. The van der Waals surface area contributed by atoms with E-state index in [1.807, 2.05) is 24.1 Å². The van der Waals surface area contributed by atoms with Crippen LogP contribution in [-0.2, 0) is 18.4 Å². The van der Waals surface area contributed by atoms with Crippen molar-refractivity contribution in [3.63, 3.8) is 0 Å². The number of aromatic nitrogens is 2. The molecule has 1 aliphatic rings. The lowest BCUT2D eigenvalue weighted by Gasteiger charge is -2.30. The third-order valence-corrected chi connectivity index (χ3v) is 3.73. The molecule has 1 aromatic rings. The lowest BCUT2D eigenvalue weighted by molar-refractivity contribution is 0.0512. The van der Waals surface area contributed by atoms with Crippen molar-refractivity contribution < 1.29 is 4.74 Å². The number of nitrogens with two attached hydrogens (primary N) is 1. The van der Waals surface area contributed by atoms with Gasteiger partial charge in [0.05, 0.1) is 19.4 Å². The highest BCUT2D eigenvalue weighted by Crippen LogP contribution is 2.29. The first-order valence-corrected chi connectivity index (χ1v) is 6.55. The molecular weight excluding hydrogens is 214 g/mol. The van der Waals surface area contributed by atoms with E-state index in [9.17, 15) is 0 Å². The van der Waals surface area contributed by atoms with Gasteiger partial charge in [0.2, 0.25) is 0 Å². The van der Waals surface area contributed by atoms with E-state index in [2.05, 4.69) is 5.10 Å². The van der Waals surface area contributed by atoms with E-state index < -0.39 is 0 Å². The minimum atomic E-state index is 0.658. The first-order valence-electron chi connectivity index (χ1n) is 6.55. The molecule has 0 radical (unpaired) electrons. The molecule has 1 fully saturated rings. The maximum atomic E-state index is 5.81. The summed E-state index contributed by atoms with van der Waals surface area (Å²) in [5.41, 5.74) is 6.96. The first kappa shape index (κ1) is 12.6. The quantitative estimate of drug-likeness (QED) is 0.848. The Morgan fingerprint density at radius 3 is 2.82 bits per heavy atom. The average Bonchev–Trinajstić information content (AvgIpc) is 2.76. The molecule has 2 unspecified atom stereocenters. The molecule has 1 aromatic heterocycles. The Labute approximate surface area is 103 Å². The zero-order chi connectivity index (χ0) is 12.1. The number of ether oxygens (including phenoxy) is 1. The number of aryl methyl sites for hydroxylation is 1. The Bertz CT molecular complexity index is 337. The Kier molecular flexibility index (Phi) is 4.57. The standard InChI is InChI=1S/C13H23N3O/c1-16-8-11(7-15-16)9-17-10-13-5-3-2-4-12(13)6-14/h7-8,12-13H,2-6,9-10,14H2,1H3. The van der Waals surface area contributed by atoms with Crippen LogP contribution in [0.4, 0.5) is 0 Å². The van der Waals surface area contributed by atoms with Crippen molar-refractivity contribution in [2.24, 2.45) is 24.6 Å². The van der Waals surface area contributed by atoms with E-state index >= 15 is 0 Å². The number of hydrogen-bond acceptors (Lipinski definition) is 3. The Hall–Kier alpha value is -0.870. The SMILES string of the molecule is Cn1cc(COCC2CCCCC2CN)cn1. The van der Waals surface area contributed by atoms with Crippen LogP contribution in [0, 0.1) is 11.8 Å². The van der Waals surface area contributed by atoms with Crippen LogP contribution in [0.1, 0.15) is 31.2 Å². The van der Waals surface area contributed by atoms with Crippen molar-refractivity contribution in [2.75, 3.05) is 13.2 Å². The maximum Gasteiger partial charge on any atom is 0.0747 e. The minimum Gasteiger partial charge on any atom is -0.376 e. The van der Waals surface area contributed by atoms with Gasteiger partial charge in [-0.15, -0.1) is 0 Å². The highest BCUT2D eigenvalue weighted by molar-refractivity contribution is 5.01. The maximum absolute atomic E-state index is 5.81. The van der Waals surface area contributed by atoms with E-state index in [1.165, 1.54) is 25.7 Å². The average molecular weight is 237 g/mol. The lowest BCUT2D eigenvalue weighted by atomic mass is 9.80. The van der Waals surface area contributed by atoms with E-state index in [0.717, 1.165) is 18.7 Å². The monoisotopic (exact) mass is 237 g/mol. The topological polar surface area (TPSA) is 53.1 Å². The molecule has 2 rings (SSSR count). The fourth-order valence-electron chi connectivity index (χ4n) is 2.69. The van der Waals surface area contributed by atoms with Gasteiger partial charge in [-0.25, -0.2) is 0 Å². The van der Waals surface area contributed by atoms with Gasteiger partial charge in [-0.3, -0.25) is 4.68 Å². The lowest BCUT2D eigenvalue weighted by Crippen LogP contribution is -2.29. The van der Waals surface area contributed by atoms with Crippen LogP contribution in [0.15, 0.2) is 12.4 Å². The normalized spacial score (nSPS) is 25.1. The van der Waals surface area contributed by atoms with Gasteiger partial charge < -0.3 is 10.5 Å². The molecule has 96 valence electrons. The molecule has 0 amide bonds. The number of hydrogen-bond donors (Lipinski definition) is 1. The zero-order valence-corrected chi connectivity index (χ0v) is 10.6. The molecule has 4 heteroatoms. The summed E-state index contributed by atoms with van der Waals surface area (Å²) in [6.07, 6.45) is 9.08. The summed E-state index contributed by atoms with van der Waals surface area (Å²) < 4.78 is 7.60. The summed E-state index contributed by atoms with van der Waals surface area (Å²) in [5, 5.41) is 4.13. The second-order valence-corrected chi connectivity index (χ2v) is 5.08. The molecule has 0 bridgehead atoms. The van der Waals surface area contributed by atoms with Gasteiger partial charge in [0, 0.05) is 18.8 Å². The van der Waals surface area contributed by atoms with Gasteiger partial charge in [-0.2, -0.15) is 5.10 Å². The highest BCUT2D eigenvalue weighted by atomic mass is 16.5. The molecule has 0 aliphatic heterocycles. The smallest absolute Gasteiger partial charge is 0.0747 e. The van der Waals surface area contributed by atoms with Gasteiger partial charge in [-0.05, 0) is 31.2 Å². The van der Waals surface area contributed by atoms with E-state index in [4.69, 9.17) is 10.5 Å². The van der Waals surface area contributed by atoms with Crippen LogP contribution in [0.25, 0.3) is 0 Å². The first-order chi connectivity index (χ1) is 8.29. The van der Waals surface area contributed by atoms with Crippen LogP contribution in [-0.4, -0.2) is 22.9 Å². The van der Waals surface area contributed by atoms with Crippen LogP contribution < -0.4 is 5.73 Å². The molecule has 0 aromatic carbocycles. The summed E-state index contributed by atoms with van der Waals surface area (Å²) in [6, 6.07) is 0. The van der Waals surface area contributed by atoms with Crippen molar-refractivity contribution in [1.29, 1.82) is 0 Å². The predicted octanol–water partition coefficient (Wildman–Crippen LogP) is 1.70. The molecule has 2 atom stereocenters. The van der Waals surface area contributed by atoms with Crippen molar-refractivity contribution in [3.05, 3.63) is 18.0 Å². The van der Waals surface area contributed by atoms with Gasteiger partial charge in [0.25, 0.3) is 0 Å². The van der Waals surface area contributed by atoms with Gasteiger partial charge >= 0.3 is 0 Å². The van der Waals surface area contributed by atoms with Crippen molar-refractivity contribution in [2.45, 2.75) is 32.3 Å². The molecule has 0 saturated heterocycles. The third kappa shape index (κ3) is 3.54. The van der Waals surface area contributed by atoms with E-state index in [1.54, 1.807) is 0 Å². The Morgan fingerprint density at radius 1 is 1.41 bits per heavy atom.